The van der Waals surface area contributed by atoms with Crippen molar-refractivity contribution in [1.29, 1.82) is 0 Å². The molecule has 2 aromatic heterocycles. The standard InChI is InChI=1S/C19H12FNO/c20-16-8-6-14(7-9-16)18-10-15-12-21-17(11-19(15)22-18)13-4-2-1-3-5-13/h1-12H. The third-order valence-corrected chi connectivity index (χ3v) is 3.60. The van der Waals surface area contributed by atoms with Crippen LogP contribution in [0.5, 0.6) is 0 Å². The van der Waals surface area contributed by atoms with Gasteiger partial charge >= 0.3 is 0 Å². The molecule has 0 amide bonds. The van der Waals surface area contributed by atoms with Crippen molar-refractivity contribution >= 4 is 11.0 Å². The summed E-state index contributed by atoms with van der Waals surface area (Å²) in [6.45, 7) is 0. The van der Waals surface area contributed by atoms with E-state index in [1.54, 1.807) is 18.3 Å². The largest absolute Gasteiger partial charge is 0.456 e. The summed E-state index contributed by atoms with van der Waals surface area (Å²) < 4.78 is 18.9. The quantitative estimate of drug-likeness (QED) is 0.500. The van der Waals surface area contributed by atoms with Crippen molar-refractivity contribution in [3.8, 4) is 22.6 Å². The van der Waals surface area contributed by atoms with Crippen LogP contribution >= 0.6 is 0 Å². The first kappa shape index (κ1) is 12.8. The number of hydrogen-bond donors (Lipinski definition) is 0. The molecule has 0 saturated heterocycles. The van der Waals surface area contributed by atoms with Crippen molar-refractivity contribution in [2.45, 2.75) is 0 Å². The first-order valence-electron chi connectivity index (χ1n) is 7.00. The predicted molar refractivity (Wildman–Crippen MR) is 84.8 cm³/mol. The Morgan fingerprint density at radius 2 is 1.59 bits per heavy atom. The van der Waals surface area contributed by atoms with E-state index < -0.39 is 0 Å². The Morgan fingerprint density at radius 3 is 2.36 bits per heavy atom. The zero-order chi connectivity index (χ0) is 14.9. The summed E-state index contributed by atoms with van der Waals surface area (Å²) >= 11 is 0. The fraction of sp³-hybridized carbons (Fsp3) is 0. The number of hydrogen-bond acceptors (Lipinski definition) is 2. The molecule has 4 rings (SSSR count). The summed E-state index contributed by atoms with van der Waals surface area (Å²) in [6.07, 6.45) is 1.80. The van der Waals surface area contributed by atoms with Crippen LogP contribution in [-0.4, -0.2) is 4.98 Å². The highest BCUT2D eigenvalue weighted by atomic mass is 19.1. The minimum absolute atomic E-state index is 0.257. The molecule has 0 radical (unpaired) electrons. The maximum Gasteiger partial charge on any atom is 0.138 e. The van der Waals surface area contributed by atoms with E-state index in [1.807, 2.05) is 42.5 Å². The van der Waals surface area contributed by atoms with Crippen LogP contribution in [0.4, 0.5) is 4.39 Å². The Bertz CT molecular complexity index is 927. The van der Waals surface area contributed by atoms with Gasteiger partial charge in [0.25, 0.3) is 0 Å². The number of furan rings is 1. The summed E-state index contributed by atoms with van der Waals surface area (Å²) in [5.41, 5.74) is 3.53. The average molecular weight is 289 g/mol. The van der Waals surface area contributed by atoms with Crippen LogP contribution in [0.3, 0.4) is 0 Å². The van der Waals surface area contributed by atoms with Crippen molar-refractivity contribution in [3.63, 3.8) is 0 Å². The fourth-order valence-corrected chi connectivity index (χ4v) is 2.46. The molecule has 0 unspecified atom stereocenters. The molecule has 4 aromatic rings. The number of nitrogens with zero attached hydrogens (tertiary/aromatic N) is 1. The molecule has 0 bridgehead atoms. The Labute approximate surface area is 126 Å². The Morgan fingerprint density at radius 1 is 0.818 bits per heavy atom. The summed E-state index contributed by atoms with van der Waals surface area (Å²) in [4.78, 5) is 4.48. The van der Waals surface area contributed by atoms with Crippen LogP contribution < -0.4 is 0 Å². The second-order valence-corrected chi connectivity index (χ2v) is 5.09. The lowest BCUT2D eigenvalue weighted by Crippen LogP contribution is -1.81. The van der Waals surface area contributed by atoms with Gasteiger partial charge in [-0.2, -0.15) is 0 Å². The minimum Gasteiger partial charge on any atom is -0.456 e. The molecule has 0 fully saturated rings. The molecule has 2 heterocycles. The molecule has 0 aliphatic rings. The molecule has 0 N–H and O–H groups in total. The van der Waals surface area contributed by atoms with Gasteiger partial charge in [-0.3, -0.25) is 4.98 Å². The van der Waals surface area contributed by atoms with Crippen LogP contribution in [0.25, 0.3) is 33.6 Å². The summed E-state index contributed by atoms with van der Waals surface area (Å²) in [5, 5.41) is 0.930. The Kier molecular flexibility index (Phi) is 2.97. The second-order valence-electron chi connectivity index (χ2n) is 5.09. The predicted octanol–water partition coefficient (Wildman–Crippen LogP) is 5.30. The molecule has 22 heavy (non-hydrogen) atoms. The molecule has 0 spiro atoms. The number of rotatable bonds is 2. The van der Waals surface area contributed by atoms with Crippen LogP contribution in [-0.2, 0) is 0 Å². The smallest absolute Gasteiger partial charge is 0.138 e. The number of aromatic nitrogens is 1. The Balaban J connectivity index is 1.80. The highest BCUT2D eigenvalue weighted by Crippen LogP contribution is 2.29. The van der Waals surface area contributed by atoms with Gasteiger partial charge in [-0.25, -0.2) is 4.39 Å². The van der Waals surface area contributed by atoms with E-state index in [1.165, 1.54) is 12.1 Å². The number of halogens is 1. The van der Waals surface area contributed by atoms with Crippen LogP contribution in [0.2, 0.25) is 0 Å². The molecule has 0 aliphatic heterocycles. The molecule has 0 aliphatic carbocycles. The van der Waals surface area contributed by atoms with E-state index >= 15 is 0 Å². The molecular weight excluding hydrogens is 277 g/mol. The lowest BCUT2D eigenvalue weighted by Gasteiger charge is -1.99. The molecular formula is C19H12FNO. The normalized spacial score (nSPS) is 11.0. The maximum absolute atomic E-state index is 13.0. The van der Waals surface area contributed by atoms with Gasteiger partial charge in [0.05, 0.1) is 5.69 Å². The first-order chi connectivity index (χ1) is 10.8. The number of fused-ring (bicyclic) bond motifs is 1. The fourth-order valence-electron chi connectivity index (χ4n) is 2.46. The van der Waals surface area contributed by atoms with E-state index in [9.17, 15) is 4.39 Å². The molecule has 3 heteroatoms. The lowest BCUT2D eigenvalue weighted by atomic mass is 10.1. The molecule has 2 aromatic carbocycles. The van der Waals surface area contributed by atoms with Gasteiger partial charge in [0.15, 0.2) is 0 Å². The van der Waals surface area contributed by atoms with Crippen LogP contribution in [0.15, 0.2) is 77.3 Å². The highest BCUT2D eigenvalue weighted by molar-refractivity contribution is 5.84. The lowest BCUT2D eigenvalue weighted by molar-refractivity contribution is 0.623. The third kappa shape index (κ3) is 2.27. The minimum atomic E-state index is -0.257. The summed E-state index contributed by atoms with van der Waals surface area (Å²) in [6, 6.07) is 20.1. The Hall–Kier alpha value is -2.94. The van der Waals surface area contributed by atoms with E-state index in [4.69, 9.17) is 4.42 Å². The van der Waals surface area contributed by atoms with E-state index in [-0.39, 0.29) is 5.82 Å². The number of benzene rings is 2. The van der Waals surface area contributed by atoms with Gasteiger partial charge in [-0.1, -0.05) is 30.3 Å². The van der Waals surface area contributed by atoms with Gasteiger partial charge in [0.2, 0.25) is 0 Å². The molecule has 2 nitrogen and oxygen atoms in total. The van der Waals surface area contributed by atoms with Crippen molar-refractivity contribution in [1.82, 2.24) is 4.98 Å². The van der Waals surface area contributed by atoms with Crippen molar-refractivity contribution in [3.05, 3.63) is 78.7 Å². The van der Waals surface area contributed by atoms with Crippen molar-refractivity contribution in [2.75, 3.05) is 0 Å². The third-order valence-electron chi connectivity index (χ3n) is 3.60. The van der Waals surface area contributed by atoms with Gasteiger partial charge < -0.3 is 4.42 Å². The van der Waals surface area contributed by atoms with Crippen molar-refractivity contribution in [2.24, 2.45) is 0 Å². The van der Waals surface area contributed by atoms with E-state index in [0.29, 0.717) is 5.76 Å². The monoisotopic (exact) mass is 289 g/mol. The van der Waals surface area contributed by atoms with Gasteiger partial charge in [-0.05, 0) is 30.3 Å². The van der Waals surface area contributed by atoms with Gasteiger partial charge in [-0.15, -0.1) is 0 Å². The van der Waals surface area contributed by atoms with Crippen LogP contribution in [0, 0.1) is 5.82 Å². The van der Waals surface area contributed by atoms with Gasteiger partial charge in [0, 0.05) is 28.8 Å². The van der Waals surface area contributed by atoms with Crippen molar-refractivity contribution < 1.29 is 8.81 Å². The highest BCUT2D eigenvalue weighted by Gasteiger charge is 2.08. The molecule has 106 valence electrons. The average Bonchev–Trinajstić information content (AvgIpc) is 2.99. The SMILES string of the molecule is Fc1ccc(-c2cc3cnc(-c4ccccc4)cc3o2)cc1. The maximum atomic E-state index is 13.0. The summed E-state index contributed by atoms with van der Waals surface area (Å²) in [5.74, 6) is 0.454. The number of pyridine rings is 1. The second kappa shape index (κ2) is 5.11. The van der Waals surface area contributed by atoms with Gasteiger partial charge in [0.1, 0.15) is 17.2 Å². The summed E-state index contributed by atoms with van der Waals surface area (Å²) in [7, 11) is 0. The van der Waals surface area contributed by atoms with E-state index in [2.05, 4.69) is 4.98 Å². The topological polar surface area (TPSA) is 26.0 Å². The van der Waals surface area contributed by atoms with Crippen LogP contribution in [0.1, 0.15) is 0 Å². The van der Waals surface area contributed by atoms with E-state index in [0.717, 1.165) is 27.8 Å². The molecule has 0 atom stereocenters. The zero-order valence-electron chi connectivity index (χ0n) is 11.7. The zero-order valence-corrected chi connectivity index (χ0v) is 11.7. The first-order valence-corrected chi connectivity index (χ1v) is 7.00. The molecule has 0 saturated carbocycles.